The third-order valence-electron chi connectivity index (χ3n) is 2.39. The summed E-state index contributed by atoms with van der Waals surface area (Å²) in [5, 5.41) is 13.3. The van der Waals surface area contributed by atoms with Crippen LogP contribution in [0.2, 0.25) is 0 Å². The molecule has 0 aromatic heterocycles. The van der Waals surface area contributed by atoms with Crippen LogP contribution in [0.15, 0.2) is 22.7 Å². The Kier molecular flexibility index (Phi) is 5.24. The molecule has 98 valence electrons. The smallest absolute Gasteiger partial charge is 0.283 e. The van der Waals surface area contributed by atoms with Crippen LogP contribution >= 0.6 is 15.9 Å². The van der Waals surface area contributed by atoms with E-state index in [1.807, 2.05) is 0 Å². The molecule has 0 aliphatic heterocycles. The van der Waals surface area contributed by atoms with Crippen LogP contribution in [-0.2, 0) is 11.3 Å². The van der Waals surface area contributed by atoms with Gasteiger partial charge in [-0.05, 0) is 28.5 Å². The highest BCUT2D eigenvalue weighted by Crippen LogP contribution is 2.28. The molecule has 1 aromatic carbocycles. The zero-order valence-electron chi connectivity index (χ0n) is 10.1. The lowest BCUT2D eigenvalue weighted by Gasteiger charge is -2.16. The molecule has 0 fully saturated rings. The quantitative estimate of drug-likeness (QED) is 0.660. The van der Waals surface area contributed by atoms with Crippen LogP contribution in [0.1, 0.15) is 5.56 Å². The topological polar surface area (TPSA) is 75.5 Å². The highest BCUT2D eigenvalue weighted by Gasteiger charge is 2.16. The van der Waals surface area contributed by atoms with Gasteiger partial charge in [-0.1, -0.05) is 12.1 Å². The molecule has 1 aromatic rings. The van der Waals surface area contributed by atoms with Crippen molar-refractivity contribution in [2.75, 3.05) is 20.6 Å². The lowest BCUT2D eigenvalue weighted by atomic mass is 10.2. The molecular formula is C11H14BrN3O3. The molecule has 0 spiro atoms. The second-order valence-corrected chi connectivity index (χ2v) is 4.65. The van der Waals surface area contributed by atoms with Gasteiger partial charge < -0.3 is 5.32 Å². The van der Waals surface area contributed by atoms with Crippen LogP contribution in [0.5, 0.6) is 0 Å². The van der Waals surface area contributed by atoms with Crippen LogP contribution in [0.3, 0.4) is 0 Å². The molecule has 0 aliphatic rings. The van der Waals surface area contributed by atoms with Gasteiger partial charge in [-0.25, -0.2) is 0 Å². The lowest BCUT2D eigenvalue weighted by molar-refractivity contribution is -0.385. The van der Waals surface area contributed by atoms with Crippen molar-refractivity contribution in [2.24, 2.45) is 0 Å². The number of nitrogens with one attached hydrogen (secondary N) is 1. The van der Waals surface area contributed by atoms with Crippen molar-refractivity contribution in [3.05, 3.63) is 38.3 Å². The van der Waals surface area contributed by atoms with Gasteiger partial charge in [-0.15, -0.1) is 0 Å². The summed E-state index contributed by atoms with van der Waals surface area (Å²) >= 11 is 3.22. The first kappa shape index (κ1) is 14.6. The number of amides is 1. The van der Waals surface area contributed by atoms with Gasteiger partial charge >= 0.3 is 0 Å². The minimum absolute atomic E-state index is 0.0286. The van der Waals surface area contributed by atoms with E-state index in [0.717, 1.165) is 5.56 Å². The largest absolute Gasteiger partial charge is 0.358 e. The minimum Gasteiger partial charge on any atom is -0.358 e. The standard InChI is InChI=1S/C11H14BrN3O3/c1-13-10(16)7-14(2)6-8-4-3-5-9(11(8)12)15(17)18/h3-5H,6-7H2,1-2H3,(H,13,16). The SMILES string of the molecule is CNC(=O)CN(C)Cc1cccc([N+](=O)[O-])c1Br. The number of halogens is 1. The first-order valence-corrected chi connectivity index (χ1v) is 6.06. The molecule has 0 saturated heterocycles. The van der Waals surface area contributed by atoms with Crippen molar-refractivity contribution in [1.82, 2.24) is 10.2 Å². The van der Waals surface area contributed by atoms with Gasteiger partial charge in [0.05, 0.1) is 15.9 Å². The van der Waals surface area contributed by atoms with E-state index in [-0.39, 0.29) is 18.1 Å². The molecule has 0 aliphatic carbocycles. The summed E-state index contributed by atoms with van der Waals surface area (Å²) in [5.74, 6) is -0.0981. The summed E-state index contributed by atoms with van der Waals surface area (Å²) in [4.78, 5) is 23.3. The maximum absolute atomic E-state index is 11.2. The third kappa shape index (κ3) is 3.78. The number of carbonyl (C=O) groups is 1. The van der Waals surface area contributed by atoms with Gasteiger partial charge in [-0.3, -0.25) is 19.8 Å². The van der Waals surface area contributed by atoms with E-state index < -0.39 is 4.92 Å². The number of hydrogen-bond acceptors (Lipinski definition) is 4. The number of nitrogens with zero attached hydrogens (tertiary/aromatic N) is 2. The number of likely N-dealkylation sites (N-methyl/N-ethyl adjacent to an activating group) is 2. The van der Waals surface area contributed by atoms with Gasteiger partial charge in [0.25, 0.3) is 5.69 Å². The maximum atomic E-state index is 11.2. The molecule has 0 bridgehead atoms. The number of carbonyl (C=O) groups excluding carboxylic acids is 1. The van der Waals surface area contributed by atoms with Crippen LogP contribution in [-0.4, -0.2) is 36.4 Å². The Hall–Kier alpha value is -1.47. The Bertz CT molecular complexity index is 465. The molecule has 1 amide bonds. The van der Waals surface area contributed by atoms with Crippen molar-refractivity contribution in [1.29, 1.82) is 0 Å². The normalized spacial score (nSPS) is 10.4. The summed E-state index contributed by atoms with van der Waals surface area (Å²) < 4.78 is 0.457. The Morgan fingerprint density at radius 3 is 2.78 bits per heavy atom. The Morgan fingerprint density at radius 1 is 1.56 bits per heavy atom. The molecule has 6 nitrogen and oxygen atoms in total. The average molecular weight is 316 g/mol. The van der Waals surface area contributed by atoms with Crippen molar-refractivity contribution in [3.63, 3.8) is 0 Å². The van der Waals surface area contributed by atoms with E-state index in [4.69, 9.17) is 0 Å². The van der Waals surface area contributed by atoms with E-state index in [1.165, 1.54) is 6.07 Å². The molecule has 18 heavy (non-hydrogen) atoms. The Balaban J connectivity index is 2.82. The summed E-state index contributed by atoms with van der Waals surface area (Å²) in [5.41, 5.74) is 0.802. The zero-order valence-corrected chi connectivity index (χ0v) is 11.7. The van der Waals surface area contributed by atoms with Crippen LogP contribution in [0, 0.1) is 10.1 Å². The highest BCUT2D eigenvalue weighted by molar-refractivity contribution is 9.10. The number of rotatable bonds is 5. The van der Waals surface area contributed by atoms with E-state index in [2.05, 4.69) is 21.2 Å². The average Bonchev–Trinajstić information content (AvgIpc) is 2.31. The van der Waals surface area contributed by atoms with Gasteiger partial charge in [0.1, 0.15) is 0 Å². The number of benzene rings is 1. The summed E-state index contributed by atoms with van der Waals surface area (Å²) in [6.45, 7) is 0.696. The fraction of sp³-hybridized carbons (Fsp3) is 0.364. The van der Waals surface area contributed by atoms with E-state index in [9.17, 15) is 14.9 Å². The third-order valence-corrected chi connectivity index (χ3v) is 3.30. The second kappa shape index (κ2) is 6.46. The molecular weight excluding hydrogens is 302 g/mol. The van der Waals surface area contributed by atoms with Gasteiger partial charge in [0.2, 0.25) is 5.91 Å². The maximum Gasteiger partial charge on any atom is 0.283 e. The molecule has 1 rings (SSSR count). The monoisotopic (exact) mass is 315 g/mol. The number of nitro groups is 1. The molecule has 0 heterocycles. The molecule has 7 heteroatoms. The predicted molar refractivity (Wildman–Crippen MR) is 71.2 cm³/mol. The fourth-order valence-corrected chi connectivity index (χ4v) is 2.03. The Morgan fingerprint density at radius 2 is 2.22 bits per heavy atom. The van der Waals surface area contributed by atoms with Crippen LogP contribution in [0.4, 0.5) is 5.69 Å². The van der Waals surface area contributed by atoms with Crippen molar-refractivity contribution < 1.29 is 9.72 Å². The minimum atomic E-state index is -0.438. The number of hydrogen-bond donors (Lipinski definition) is 1. The molecule has 0 saturated carbocycles. The first-order chi connectivity index (χ1) is 8.45. The molecule has 1 N–H and O–H groups in total. The van der Waals surface area contributed by atoms with E-state index >= 15 is 0 Å². The Labute approximate surface area is 113 Å². The summed E-state index contributed by atoms with van der Waals surface area (Å²) in [7, 11) is 3.35. The van der Waals surface area contributed by atoms with Crippen molar-refractivity contribution in [2.45, 2.75) is 6.54 Å². The second-order valence-electron chi connectivity index (χ2n) is 3.85. The zero-order chi connectivity index (χ0) is 13.7. The molecule has 0 unspecified atom stereocenters. The van der Waals surface area contributed by atoms with Gasteiger partial charge in [0, 0.05) is 19.7 Å². The van der Waals surface area contributed by atoms with Crippen LogP contribution in [0.25, 0.3) is 0 Å². The predicted octanol–water partition coefficient (Wildman–Crippen LogP) is 1.54. The summed E-state index contributed by atoms with van der Waals surface area (Å²) in [6, 6.07) is 4.86. The number of nitro benzene ring substituents is 1. The van der Waals surface area contributed by atoms with Crippen LogP contribution < -0.4 is 5.32 Å². The van der Waals surface area contributed by atoms with Crippen molar-refractivity contribution >= 4 is 27.5 Å². The fourth-order valence-electron chi connectivity index (χ4n) is 1.50. The van der Waals surface area contributed by atoms with Crippen molar-refractivity contribution in [3.8, 4) is 0 Å². The van der Waals surface area contributed by atoms with Gasteiger partial charge in [0.15, 0.2) is 0 Å². The highest BCUT2D eigenvalue weighted by atomic mass is 79.9. The van der Waals surface area contributed by atoms with Gasteiger partial charge in [-0.2, -0.15) is 0 Å². The molecule has 0 radical (unpaired) electrons. The van der Waals surface area contributed by atoms with E-state index in [1.54, 1.807) is 31.1 Å². The summed E-state index contributed by atoms with van der Waals surface area (Å²) in [6.07, 6.45) is 0. The van der Waals surface area contributed by atoms with E-state index in [0.29, 0.717) is 11.0 Å². The first-order valence-electron chi connectivity index (χ1n) is 5.26. The lowest BCUT2D eigenvalue weighted by Crippen LogP contribution is -2.32. The molecule has 0 atom stereocenters.